The maximum Gasteiger partial charge on any atom is 0.270 e. The fraction of sp³-hybridized carbons (Fsp3) is 0.579. The topological polar surface area (TPSA) is 146 Å². The number of hydrogen-bond donors (Lipinski definition) is 3. The van der Waals surface area contributed by atoms with Crippen LogP contribution in [0.4, 0.5) is 10.1 Å². The van der Waals surface area contributed by atoms with E-state index >= 15 is 4.39 Å². The van der Waals surface area contributed by atoms with Crippen LogP contribution < -0.4 is 16.0 Å². The van der Waals surface area contributed by atoms with Crippen molar-refractivity contribution >= 4 is 29.3 Å². The highest BCUT2D eigenvalue weighted by molar-refractivity contribution is 6.01. The van der Waals surface area contributed by atoms with Crippen LogP contribution >= 0.6 is 0 Å². The number of carbonyl (C=O) groups excluding carboxylic acids is 4. The predicted molar refractivity (Wildman–Crippen MR) is 194 cm³/mol. The van der Waals surface area contributed by atoms with Crippen molar-refractivity contribution in [1.82, 2.24) is 40.0 Å². The van der Waals surface area contributed by atoms with Gasteiger partial charge >= 0.3 is 0 Å². The van der Waals surface area contributed by atoms with Gasteiger partial charge in [0.05, 0.1) is 11.7 Å². The molecule has 2 aromatic heterocycles. The minimum Gasteiger partial charge on any atom is -0.339 e. The molecule has 4 amide bonds. The summed E-state index contributed by atoms with van der Waals surface area (Å²) >= 11 is 0. The van der Waals surface area contributed by atoms with E-state index < -0.39 is 41.5 Å². The standard InChI is InChI=1S/C38H52FN9O4/c1-23(2)47-31(14-16-40-47)35(49)44-34(26-8-6-24(3)7-9-26)37(51)42-30-13-10-27(22-29(30)39)25(4)33(38(52)46-20-18-45(5)19-21-46)43-36(50)32-15-17-41-48(32)28-11-12-28/h10,13-17,22-26,28,33-34H,6-9,11-12,18-21H2,1-5H3,(H,42,51)(H,43,50)(H,44,49)/t24?,25-,26?,33+,34-/m0/s1. The average molecular weight is 718 g/mol. The molecule has 6 rings (SSSR count). The molecule has 1 aromatic carbocycles. The maximum atomic E-state index is 15.9. The van der Waals surface area contributed by atoms with E-state index in [1.807, 2.05) is 20.9 Å². The molecule has 0 radical (unpaired) electrons. The van der Waals surface area contributed by atoms with Crippen LogP contribution in [0.15, 0.2) is 42.7 Å². The molecular weight excluding hydrogens is 665 g/mol. The number of benzene rings is 1. The van der Waals surface area contributed by atoms with Crippen molar-refractivity contribution < 1.29 is 23.6 Å². The first-order valence-electron chi connectivity index (χ1n) is 18.7. The molecule has 1 aliphatic heterocycles. The first-order chi connectivity index (χ1) is 24.9. The summed E-state index contributed by atoms with van der Waals surface area (Å²) < 4.78 is 19.3. The smallest absolute Gasteiger partial charge is 0.270 e. The lowest BCUT2D eigenvalue weighted by Gasteiger charge is -2.36. The highest BCUT2D eigenvalue weighted by Crippen LogP contribution is 2.35. The molecule has 0 spiro atoms. The fourth-order valence-electron chi connectivity index (χ4n) is 7.40. The summed E-state index contributed by atoms with van der Waals surface area (Å²) in [4.78, 5) is 58.8. The van der Waals surface area contributed by atoms with E-state index in [-0.39, 0.29) is 29.6 Å². The highest BCUT2D eigenvalue weighted by Gasteiger charge is 2.37. The Bertz CT molecular complexity index is 1750. The summed E-state index contributed by atoms with van der Waals surface area (Å²) in [6.45, 7) is 10.3. The second-order valence-corrected chi connectivity index (χ2v) is 15.2. The Morgan fingerprint density at radius 3 is 2.13 bits per heavy atom. The van der Waals surface area contributed by atoms with Gasteiger partial charge in [0, 0.05) is 50.5 Å². The van der Waals surface area contributed by atoms with Crippen molar-refractivity contribution in [2.45, 2.75) is 96.3 Å². The normalized spacial score (nSPS) is 21.3. The first kappa shape index (κ1) is 37.2. The van der Waals surface area contributed by atoms with Gasteiger partial charge in [0.1, 0.15) is 29.3 Å². The zero-order valence-corrected chi connectivity index (χ0v) is 30.8. The van der Waals surface area contributed by atoms with E-state index in [1.54, 1.807) is 51.8 Å². The van der Waals surface area contributed by atoms with Gasteiger partial charge in [0.25, 0.3) is 11.8 Å². The number of nitrogens with zero attached hydrogens (tertiary/aromatic N) is 6. The van der Waals surface area contributed by atoms with Crippen LogP contribution in [0.2, 0.25) is 0 Å². The molecule has 52 heavy (non-hydrogen) atoms. The van der Waals surface area contributed by atoms with Crippen LogP contribution in [-0.4, -0.2) is 98.3 Å². The van der Waals surface area contributed by atoms with E-state index in [0.29, 0.717) is 49.0 Å². The predicted octanol–water partition coefficient (Wildman–Crippen LogP) is 4.37. The van der Waals surface area contributed by atoms with E-state index in [1.165, 1.54) is 12.1 Å². The molecule has 14 heteroatoms. The number of rotatable bonds is 12. The van der Waals surface area contributed by atoms with E-state index in [4.69, 9.17) is 0 Å². The molecule has 1 saturated heterocycles. The van der Waals surface area contributed by atoms with Gasteiger partial charge in [-0.3, -0.25) is 28.5 Å². The Morgan fingerprint density at radius 1 is 0.827 bits per heavy atom. The Labute approximate surface area is 304 Å². The first-order valence-corrected chi connectivity index (χ1v) is 18.7. The van der Waals surface area contributed by atoms with Crippen molar-refractivity contribution in [1.29, 1.82) is 0 Å². The number of carbonyl (C=O) groups is 4. The van der Waals surface area contributed by atoms with Crippen molar-refractivity contribution in [3.63, 3.8) is 0 Å². The van der Waals surface area contributed by atoms with E-state index in [2.05, 4.69) is 38.0 Å². The number of anilines is 1. The lowest BCUT2D eigenvalue weighted by atomic mass is 9.79. The summed E-state index contributed by atoms with van der Waals surface area (Å²) in [5, 5.41) is 17.2. The largest absolute Gasteiger partial charge is 0.339 e. The lowest BCUT2D eigenvalue weighted by molar-refractivity contribution is -0.135. The molecular formula is C38H52FN9O4. The van der Waals surface area contributed by atoms with Crippen molar-refractivity contribution in [3.8, 4) is 0 Å². The zero-order chi connectivity index (χ0) is 37.1. The molecule has 280 valence electrons. The highest BCUT2D eigenvalue weighted by atomic mass is 19.1. The van der Waals surface area contributed by atoms with Crippen LogP contribution in [0.25, 0.3) is 0 Å². The average Bonchev–Trinajstić information content (AvgIpc) is 3.62. The van der Waals surface area contributed by atoms with Crippen LogP contribution in [0.1, 0.15) is 111 Å². The number of amides is 4. The monoisotopic (exact) mass is 717 g/mol. The molecule has 3 heterocycles. The summed E-state index contributed by atoms with van der Waals surface area (Å²) in [7, 11) is 2.00. The number of aromatic nitrogens is 4. The molecule has 3 aliphatic rings. The third-order valence-electron chi connectivity index (χ3n) is 10.9. The molecule has 3 atom stereocenters. The van der Waals surface area contributed by atoms with E-state index in [9.17, 15) is 19.2 Å². The molecule has 0 unspecified atom stereocenters. The lowest BCUT2D eigenvalue weighted by Crippen LogP contribution is -2.55. The van der Waals surface area contributed by atoms with Gasteiger partial charge < -0.3 is 25.8 Å². The molecule has 2 saturated carbocycles. The molecule has 0 bridgehead atoms. The van der Waals surface area contributed by atoms with Gasteiger partial charge in [-0.05, 0) is 88.2 Å². The Hall–Kier alpha value is -4.59. The molecule has 2 aliphatic carbocycles. The zero-order valence-electron chi connectivity index (χ0n) is 30.8. The summed E-state index contributed by atoms with van der Waals surface area (Å²) in [5.74, 6) is -2.41. The van der Waals surface area contributed by atoms with Crippen molar-refractivity contribution in [2.24, 2.45) is 11.8 Å². The third-order valence-corrected chi connectivity index (χ3v) is 10.9. The van der Waals surface area contributed by atoms with Crippen LogP contribution in [0.5, 0.6) is 0 Å². The Balaban J connectivity index is 1.21. The minimum atomic E-state index is -0.967. The second-order valence-electron chi connectivity index (χ2n) is 15.2. The number of hydrogen-bond acceptors (Lipinski definition) is 7. The number of piperazine rings is 1. The van der Waals surface area contributed by atoms with Crippen LogP contribution in [0.3, 0.4) is 0 Å². The van der Waals surface area contributed by atoms with E-state index in [0.717, 1.165) is 38.5 Å². The van der Waals surface area contributed by atoms with Gasteiger partial charge in [-0.25, -0.2) is 4.39 Å². The fourth-order valence-corrected chi connectivity index (χ4v) is 7.40. The Kier molecular flexibility index (Phi) is 11.4. The van der Waals surface area contributed by atoms with Gasteiger partial charge in [-0.15, -0.1) is 0 Å². The quantitative estimate of drug-likeness (QED) is 0.252. The number of likely N-dealkylation sites (N-methyl/N-ethyl adjacent to an activating group) is 1. The van der Waals surface area contributed by atoms with Crippen LogP contribution in [-0.2, 0) is 9.59 Å². The van der Waals surface area contributed by atoms with Gasteiger partial charge in [-0.2, -0.15) is 10.2 Å². The SMILES string of the molecule is CC1CCC([C@H](NC(=O)c2ccnn2C(C)C)C(=O)Nc2ccc([C@H](C)[C@@H](NC(=O)c3ccnn3C3CC3)C(=O)N3CCN(C)CC3)cc2F)CC1. The second kappa shape index (κ2) is 16.0. The molecule has 3 N–H and O–H groups in total. The van der Waals surface area contributed by atoms with Crippen molar-refractivity contribution in [2.75, 3.05) is 38.5 Å². The minimum absolute atomic E-state index is 0.0316. The van der Waals surface area contributed by atoms with Gasteiger partial charge in [-0.1, -0.05) is 32.8 Å². The maximum absolute atomic E-state index is 15.9. The van der Waals surface area contributed by atoms with Crippen molar-refractivity contribution in [3.05, 3.63) is 65.5 Å². The Morgan fingerprint density at radius 2 is 1.48 bits per heavy atom. The third kappa shape index (κ3) is 8.38. The summed E-state index contributed by atoms with van der Waals surface area (Å²) in [6, 6.07) is 6.01. The summed E-state index contributed by atoms with van der Waals surface area (Å²) in [5.41, 5.74) is 1.20. The number of nitrogens with one attached hydrogen (secondary N) is 3. The molecule has 3 fully saturated rings. The van der Waals surface area contributed by atoms with Gasteiger partial charge in [0.2, 0.25) is 11.8 Å². The van der Waals surface area contributed by atoms with Crippen LogP contribution in [0, 0.1) is 17.7 Å². The molecule has 13 nitrogen and oxygen atoms in total. The van der Waals surface area contributed by atoms with Gasteiger partial charge in [0.15, 0.2) is 0 Å². The molecule has 3 aromatic rings. The number of halogens is 1. The summed E-state index contributed by atoms with van der Waals surface area (Å²) in [6.07, 6.45) is 8.42.